The molecule has 0 aromatic heterocycles. The van der Waals surface area contributed by atoms with E-state index in [0.29, 0.717) is 12.1 Å². The zero-order chi connectivity index (χ0) is 15.3. The molecule has 0 bridgehead atoms. The molecule has 1 N–H and O–H groups in total. The Labute approximate surface area is 127 Å². The first kappa shape index (κ1) is 15.0. The summed E-state index contributed by atoms with van der Waals surface area (Å²) in [5.41, 5.74) is 0. The van der Waals surface area contributed by atoms with Gasteiger partial charge in [0.15, 0.2) is 0 Å². The second-order valence-corrected chi connectivity index (χ2v) is 9.93. The summed E-state index contributed by atoms with van der Waals surface area (Å²) in [6.45, 7) is 10.6. The molecule has 0 aliphatic carbocycles. The number of hydrogen-bond donors (Lipinski definition) is 1. The molecule has 118 valence electrons. The van der Waals surface area contributed by atoms with Crippen molar-refractivity contribution in [2.24, 2.45) is 0 Å². The van der Waals surface area contributed by atoms with Crippen LogP contribution in [0.3, 0.4) is 0 Å². The number of likely N-dealkylation sites (N-methyl/N-ethyl adjacent to an activating group) is 1. The third-order valence-corrected chi connectivity index (χ3v) is 9.22. The molecule has 1 aromatic rings. The van der Waals surface area contributed by atoms with Crippen LogP contribution in [-0.2, 0) is 0 Å². The van der Waals surface area contributed by atoms with Crippen molar-refractivity contribution in [3.63, 3.8) is 0 Å². The van der Waals surface area contributed by atoms with Crippen LogP contribution < -0.4 is 14.1 Å². The van der Waals surface area contributed by atoms with Gasteiger partial charge in [-0.25, -0.2) is 0 Å². The average molecular weight is 311 g/mol. The van der Waals surface area contributed by atoms with E-state index in [-0.39, 0.29) is 0 Å². The average Bonchev–Trinajstić information content (AvgIpc) is 2.88. The Balaban J connectivity index is 2.16. The van der Waals surface area contributed by atoms with E-state index in [1.807, 2.05) is 24.3 Å². The molecule has 21 heavy (non-hydrogen) atoms. The number of fused-ring (bicyclic) bond motifs is 1. The normalized spacial score (nSPS) is 24.9. The van der Waals surface area contributed by atoms with Crippen LogP contribution in [0.1, 0.15) is 27.7 Å². The summed E-state index contributed by atoms with van der Waals surface area (Å²) in [7, 11) is -1.16. The molecule has 2 heterocycles. The first-order chi connectivity index (χ1) is 9.89. The molecule has 0 atom stereocenters. The van der Waals surface area contributed by atoms with Gasteiger partial charge in [0.25, 0.3) is 0 Å². The van der Waals surface area contributed by atoms with Gasteiger partial charge in [-0.15, -0.1) is 0 Å². The third-order valence-electron chi connectivity index (χ3n) is 4.26. The van der Waals surface area contributed by atoms with E-state index in [2.05, 4.69) is 49.2 Å². The van der Waals surface area contributed by atoms with E-state index in [1.54, 1.807) is 0 Å². The van der Waals surface area contributed by atoms with E-state index >= 15 is 0 Å². The molecule has 2 aliphatic heterocycles. The topological polar surface area (TPSA) is 37.0 Å². The van der Waals surface area contributed by atoms with Crippen molar-refractivity contribution in [2.75, 3.05) is 20.1 Å². The fourth-order valence-corrected chi connectivity index (χ4v) is 8.61. The molecule has 3 rings (SSSR count). The van der Waals surface area contributed by atoms with Crippen molar-refractivity contribution in [2.45, 2.75) is 39.8 Å². The Morgan fingerprint density at radius 1 is 1.10 bits per heavy atom. The van der Waals surface area contributed by atoms with Crippen molar-refractivity contribution in [3.8, 4) is 11.5 Å². The number of nitrogens with zero attached hydrogens (tertiary/aromatic N) is 2. The van der Waals surface area contributed by atoms with Gasteiger partial charge in [-0.05, 0) is 0 Å². The van der Waals surface area contributed by atoms with Crippen LogP contribution >= 0.6 is 7.51 Å². The summed E-state index contributed by atoms with van der Waals surface area (Å²) in [6.07, 6.45) is 0. The molecule has 5 nitrogen and oxygen atoms in total. The molecule has 1 spiro atoms. The van der Waals surface area contributed by atoms with E-state index in [1.165, 1.54) is 0 Å². The van der Waals surface area contributed by atoms with Crippen molar-refractivity contribution >= 4 is 7.51 Å². The monoisotopic (exact) mass is 311 g/mol. The van der Waals surface area contributed by atoms with Gasteiger partial charge in [-0.3, -0.25) is 0 Å². The molecule has 1 aromatic carbocycles. The zero-order valence-electron chi connectivity index (χ0n) is 13.5. The standard InChI is InChI=1S/C15H26N3O2P/c1-12(2)18(13(3)4)21(16-10-11-17(21)5)19-14-8-6-7-9-15(14)20-21/h6-9,12-13,16H,10-11H2,1-5H3. The van der Waals surface area contributed by atoms with E-state index in [9.17, 15) is 0 Å². The van der Waals surface area contributed by atoms with Gasteiger partial charge >= 0.3 is 127 Å². The molecule has 2 aliphatic rings. The second-order valence-electron chi connectivity index (χ2n) is 6.36. The van der Waals surface area contributed by atoms with Gasteiger partial charge in [-0.2, -0.15) is 0 Å². The van der Waals surface area contributed by atoms with Gasteiger partial charge < -0.3 is 0 Å². The third kappa shape index (κ3) is 1.92. The van der Waals surface area contributed by atoms with Gasteiger partial charge in [0, 0.05) is 0 Å². The van der Waals surface area contributed by atoms with Crippen molar-refractivity contribution in [1.29, 1.82) is 0 Å². The predicted molar refractivity (Wildman–Crippen MR) is 87.4 cm³/mol. The predicted octanol–water partition coefficient (Wildman–Crippen LogP) is 3.24. The summed E-state index contributed by atoms with van der Waals surface area (Å²) in [5.74, 6) is 1.67. The van der Waals surface area contributed by atoms with E-state index in [0.717, 1.165) is 24.6 Å². The first-order valence-corrected chi connectivity index (χ1v) is 9.64. The summed E-state index contributed by atoms with van der Waals surface area (Å²) < 4.78 is 17.8. The minimum absolute atomic E-state index is 0.310. The molecule has 1 fully saturated rings. The summed E-state index contributed by atoms with van der Waals surface area (Å²) in [4.78, 5) is 0. The Morgan fingerprint density at radius 2 is 1.62 bits per heavy atom. The molecular weight excluding hydrogens is 285 g/mol. The minimum atomic E-state index is -3.26. The molecular formula is C15H26N3O2P. The van der Waals surface area contributed by atoms with Gasteiger partial charge in [0.2, 0.25) is 0 Å². The fraction of sp³-hybridized carbons (Fsp3) is 0.600. The van der Waals surface area contributed by atoms with E-state index in [4.69, 9.17) is 9.05 Å². The fourth-order valence-electron chi connectivity index (χ4n) is 3.64. The van der Waals surface area contributed by atoms with Crippen LogP contribution in [0.15, 0.2) is 24.3 Å². The molecule has 0 radical (unpaired) electrons. The van der Waals surface area contributed by atoms with E-state index < -0.39 is 7.51 Å². The quantitative estimate of drug-likeness (QED) is 0.867. The number of para-hydroxylation sites is 2. The van der Waals surface area contributed by atoms with Crippen LogP contribution in [-0.4, -0.2) is 41.6 Å². The second kappa shape index (κ2) is 4.82. The maximum absolute atomic E-state index is 6.59. The number of benzene rings is 1. The van der Waals surface area contributed by atoms with Gasteiger partial charge in [-0.1, -0.05) is 0 Å². The van der Waals surface area contributed by atoms with Gasteiger partial charge in [0.05, 0.1) is 0 Å². The summed E-state index contributed by atoms with van der Waals surface area (Å²) in [5, 5.41) is 3.64. The van der Waals surface area contributed by atoms with Crippen LogP contribution in [0.5, 0.6) is 11.5 Å². The van der Waals surface area contributed by atoms with Crippen molar-refractivity contribution in [1.82, 2.24) is 14.4 Å². The molecule has 0 saturated carbocycles. The SMILES string of the molecule is CC(C)N(C(C)C)P12(NCCN1C)Oc1ccccc1O2. The molecule has 1 saturated heterocycles. The van der Waals surface area contributed by atoms with Crippen LogP contribution in [0.25, 0.3) is 0 Å². The number of rotatable bonds is 3. The Kier molecular flexibility index (Phi) is 3.45. The Bertz CT molecular complexity index is 516. The Hall–Kier alpha value is -0.870. The van der Waals surface area contributed by atoms with Gasteiger partial charge in [0.1, 0.15) is 0 Å². The molecule has 0 amide bonds. The number of nitrogens with one attached hydrogen (secondary N) is 1. The number of hydrogen-bond acceptors (Lipinski definition) is 5. The summed E-state index contributed by atoms with van der Waals surface area (Å²) >= 11 is 0. The molecule has 0 unspecified atom stereocenters. The van der Waals surface area contributed by atoms with Crippen LogP contribution in [0.4, 0.5) is 0 Å². The Morgan fingerprint density at radius 3 is 2.00 bits per heavy atom. The first-order valence-electron chi connectivity index (χ1n) is 7.67. The zero-order valence-corrected chi connectivity index (χ0v) is 14.4. The van der Waals surface area contributed by atoms with Crippen LogP contribution in [0.2, 0.25) is 0 Å². The maximum atomic E-state index is 6.59. The van der Waals surface area contributed by atoms with Crippen molar-refractivity contribution in [3.05, 3.63) is 24.3 Å². The summed E-state index contributed by atoms with van der Waals surface area (Å²) in [6, 6.07) is 8.58. The van der Waals surface area contributed by atoms with Crippen molar-refractivity contribution < 1.29 is 9.05 Å². The van der Waals surface area contributed by atoms with Crippen LogP contribution in [0, 0.1) is 0 Å². The molecule has 6 heteroatoms.